The van der Waals surface area contributed by atoms with Crippen LogP contribution < -0.4 is 19.6 Å². The summed E-state index contributed by atoms with van der Waals surface area (Å²) in [5.41, 5.74) is 6.68. The second-order valence-electron chi connectivity index (χ2n) is 17.9. The highest BCUT2D eigenvalue weighted by atomic mass is 16.6. The fraction of sp³-hybridized carbons (Fsp3) is 0.509. The molecule has 0 radical (unpaired) electrons. The van der Waals surface area contributed by atoms with Gasteiger partial charge in [0.2, 0.25) is 0 Å². The number of nitrogens with zero attached hydrogens (tertiary/aromatic N) is 4. The van der Waals surface area contributed by atoms with Crippen LogP contribution in [0.4, 0.5) is 22.7 Å². The molecule has 0 saturated carbocycles. The molecule has 70 heavy (non-hydrogen) atoms. The van der Waals surface area contributed by atoms with Crippen LogP contribution in [0.25, 0.3) is 0 Å². The van der Waals surface area contributed by atoms with Crippen molar-refractivity contribution in [3.63, 3.8) is 0 Å². The van der Waals surface area contributed by atoms with E-state index in [1.807, 2.05) is 137 Å². The Balaban J connectivity index is 0.000000470. The van der Waals surface area contributed by atoms with Crippen LogP contribution in [0.1, 0.15) is 128 Å². The van der Waals surface area contributed by atoms with E-state index in [4.69, 9.17) is 23.7 Å². The van der Waals surface area contributed by atoms with Crippen LogP contribution in [0.5, 0.6) is 0 Å². The minimum Gasteiger partial charge on any atom is -0.462 e. The molecule has 0 saturated heterocycles. The van der Waals surface area contributed by atoms with E-state index in [-0.39, 0.29) is 23.9 Å². The summed E-state index contributed by atoms with van der Waals surface area (Å²) in [6, 6.07) is 29.6. The lowest BCUT2D eigenvalue weighted by Crippen LogP contribution is -2.14. The van der Waals surface area contributed by atoms with Gasteiger partial charge in [0.15, 0.2) is 0 Å². The zero-order valence-electron chi connectivity index (χ0n) is 45.0. The van der Waals surface area contributed by atoms with Gasteiger partial charge < -0.3 is 43.3 Å². The van der Waals surface area contributed by atoms with E-state index in [9.17, 15) is 19.2 Å². The van der Waals surface area contributed by atoms with Crippen LogP contribution >= 0.6 is 0 Å². The first-order valence-corrected chi connectivity index (χ1v) is 24.7. The second kappa shape index (κ2) is 35.9. The average molecular weight is 971 g/mol. The number of ether oxygens (including phenoxy) is 5. The van der Waals surface area contributed by atoms with E-state index >= 15 is 0 Å². The lowest BCUT2D eigenvalue weighted by molar-refractivity contribution is 0.0313. The van der Waals surface area contributed by atoms with Gasteiger partial charge in [-0.15, -0.1) is 0 Å². The Labute approximate surface area is 421 Å². The number of carbonyl (C=O) groups is 4. The standard InChI is InChI=1S/C17H27NO2.C15H23NO3.C14H21NO2.C11H15NO2/c1-5-7-8-14(6-2)13-20-17(19)15-9-11-16(12-10-15)18(3)4;1-4-5-10-18-11-12-19-15(17)13-6-8-14(9-7-13)16(2)3;1-11(2)9-10-17-14(16)12-5-7-13(8-6-12)15(3)4;1-4-14-11(13)9-5-7-10(8-6-9)12(2)3/h9-12,14H,5-8,13H2,1-4H3;6-9H,4-5,10-12H2,1-3H3;5-8,11H,9-10H2,1-4H3;5-8H,4H2,1-3H3. The van der Waals surface area contributed by atoms with Crippen LogP contribution in [0, 0.1) is 11.8 Å². The molecule has 0 N–H and O–H groups in total. The molecule has 13 heteroatoms. The number of anilines is 4. The second-order valence-corrected chi connectivity index (χ2v) is 17.9. The maximum Gasteiger partial charge on any atom is 0.338 e. The van der Waals surface area contributed by atoms with Crippen molar-refractivity contribution in [1.82, 2.24) is 0 Å². The van der Waals surface area contributed by atoms with E-state index in [0.717, 1.165) is 61.5 Å². The number of esters is 4. The number of hydrogen-bond donors (Lipinski definition) is 0. The number of rotatable bonds is 24. The largest absolute Gasteiger partial charge is 0.462 e. The molecule has 0 bridgehead atoms. The van der Waals surface area contributed by atoms with Crippen molar-refractivity contribution in [1.29, 1.82) is 0 Å². The molecule has 1 atom stereocenters. The maximum absolute atomic E-state index is 12.0. The average Bonchev–Trinajstić information content (AvgIpc) is 3.35. The summed E-state index contributed by atoms with van der Waals surface area (Å²) >= 11 is 0. The molecule has 4 aromatic rings. The molecule has 0 aliphatic rings. The summed E-state index contributed by atoms with van der Waals surface area (Å²) in [5.74, 6) is 0.0160. The molecule has 0 aliphatic heterocycles. The van der Waals surface area contributed by atoms with Gasteiger partial charge in [-0.05, 0) is 135 Å². The number of hydrogen-bond acceptors (Lipinski definition) is 13. The molecule has 0 heterocycles. The summed E-state index contributed by atoms with van der Waals surface area (Å²) in [5, 5.41) is 0. The van der Waals surface area contributed by atoms with Crippen LogP contribution in [-0.4, -0.2) is 120 Å². The first-order chi connectivity index (χ1) is 33.4. The Morgan fingerprint density at radius 3 is 1.07 bits per heavy atom. The van der Waals surface area contributed by atoms with Gasteiger partial charge in [-0.2, -0.15) is 0 Å². The van der Waals surface area contributed by atoms with Crippen molar-refractivity contribution in [2.75, 3.05) is 116 Å². The predicted molar refractivity (Wildman–Crippen MR) is 288 cm³/mol. The zero-order valence-corrected chi connectivity index (χ0v) is 45.0. The van der Waals surface area contributed by atoms with E-state index in [2.05, 4.69) is 34.6 Å². The summed E-state index contributed by atoms with van der Waals surface area (Å²) in [6.45, 7) is 15.4. The van der Waals surface area contributed by atoms with Crippen LogP contribution in [-0.2, 0) is 23.7 Å². The Hall–Kier alpha value is -6.08. The Kier molecular flexibility index (Phi) is 31.8. The van der Waals surface area contributed by atoms with Gasteiger partial charge in [0, 0.05) is 85.7 Å². The van der Waals surface area contributed by atoms with Crippen LogP contribution in [0.15, 0.2) is 97.1 Å². The van der Waals surface area contributed by atoms with Gasteiger partial charge in [0.1, 0.15) is 6.61 Å². The van der Waals surface area contributed by atoms with Crippen molar-refractivity contribution in [3.8, 4) is 0 Å². The van der Waals surface area contributed by atoms with Crippen molar-refractivity contribution >= 4 is 46.6 Å². The highest BCUT2D eigenvalue weighted by Gasteiger charge is 2.13. The van der Waals surface area contributed by atoms with Gasteiger partial charge in [-0.1, -0.05) is 60.3 Å². The van der Waals surface area contributed by atoms with Crippen molar-refractivity contribution in [3.05, 3.63) is 119 Å². The summed E-state index contributed by atoms with van der Waals surface area (Å²) in [6.07, 6.45) is 7.65. The molecule has 0 aliphatic carbocycles. The van der Waals surface area contributed by atoms with Gasteiger partial charge in [0.05, 0.1) is 48.7 Å². The van der Waals surface area contributed by atoms with Crippen molar-refractivity contribution < 1.29 is 42.9 Å². The van der Waals surface area contributed by atoms with E-state index < -0.39 is 0 Å². The Morgan fingerprint density at radius 2 is 0.757 bits per heavy atom. The normalized spacial score (nSPS) is 10.7. The summed E-state index contributed by atoms with van der Waals surface area (Å²) < 4.78 is 25.9. The van der Waals surface area contributed by atoms with Crippen molar-refractivity contribution in [2.45, 2.75) is 86.5 Å². The van der Waals surface area contributed by atoms with E-state index in [1.54, 1.807) is 43.3 Å². The molecule has 0 amide bonds. The molecule has 0 spiro atoms. The smallest absolute Gasteiger partial charge is 0.338 e. The molecular weight excluding hydrogens is 885 g/mol. The Morgan fingerprint density at radius 1 is 0.414 bits per heavy atom. The quantitative estimate of drug-likeness (QED) is 0.0376. The fourth-order valence-electron chi connectivity index (χ4n) is 6.07. The summed E-state index contributed by atoms with van der Waals surface area (Å²) in [7, 11) is 15.7. The Bertz CT molecular complexity index is 2020. The lowest BCUT2D eigenvalue weighted by Gasteiger charge is -2.15. The molecule has 4 aromatic carbocycles. The van der Waals surface area contributed by atoms with Gasteiger partial charge in [-0.25, -0.2) is 19.2 Å². The third-order valence-electron chi connectivity index (χ3n) is 10.8. The highest BCUT2D eigenvalue weighted by Crippen LogP contribution is 2.18. The molecular formula is C57H86N4O9. The topological polar surface area (TPSA) is 127 Å². The first kappa shape index (κ1) is 61.9. The third-order valence-corrected chi connectivity index (χ3v) is 10.8. The minimum atomic E-state index is -0.301. The maximum atomic E-state index is 12.0. The predicted octanol–water partition coefficient (Wildman–Crippen LogP) is 11.7. The van der Waals surface area contributed by atoms with Gasteiger partial charge in [0.25, 0.3) is 0 Å². The number of unbranched alkanes of at least 4 members (excludes halogenated alkanes) is 2. The lowest BCUT2D eigenvalue weighted by atomic mass is 10.0. The van der Waals surface area contributed by atoms with E-state index in [1.165, 1.54) is 12.8 Å². The summed E-state index contributed by atoms with van der Waals surface area (Å²) in [4.78, 5) is 54.6. The fourth-order valence-corrected chi connectivity index (χ4v) is 6.07. The third kappa shape index (κ3) is 26.1. The van der Waals surface area contributed by atoms with Crippen molar-refractivity contribution in [2.24, 2.45) is 11.8 Å². The molecule has 0 fully saturated rings. The monoisotopic (exact) mass is 971 g/mol. The number of carbonyl (C=O) groups excluding carboxylic acids is 4. The molecule has 1 unspecified atom stereocenters. The molecule has 4 rings (SSSR count). The number of benzene rings is 4. The minimum absolute atomic E-state index is 0.217. The molecule has 388 valence electrons. The van der Waals surface area contributed by atoms with Crippen LogP contribution in [0.3, 0.4) is 0 Å². The van der Waals surface area contributed by atoms with Gasteiger partial charge in [-0.3, -0.25) is 0 Å². The van der Waals surface area contributed by atoms with E-state index in [0.29, 0.717) is 67.1 Å². The highest BCUT2D eigenvalue weighted by molar-refractivity contribution is 5.91. The molecule has 0 aromatic heterocycles. The zero-order chi connectivity index (χ0) is 52.4. The van der Waals surface area contributed by atoms with Gasteiger partial charge >= 0.3 is 23.9 Å². The molecule has 13 nitrogen and oxygen atoms in total. The SMILES string of the molecule is CC(C)CCOC(=O)c1ccc(N(C)C)cc1.CCCCC(CC)COC(=O)c1ccc(N(C)C)cc1.CCCCOCCOC(=O)c1ccc(N(C)C)cc1.CCOC(=O)c1ccc(N(C)C)cc1. The first-order valence-electron chi connectivity index (χ1n) is 24.7. The van der Waals surface area contributed by atoms with Crippen LogP contribution in [0.2, 0.25) is 0 Å².